The lowest BCUT2D eigenvalue weighted by Gasteiger charge is -2.47. The highest BCUT2D eigenvalue weighted by atomic mass is 16.6. The van der Waals surface area contributed by atoms with Gasteiger partial charge in [-0.05, 0) is 31.6 Å². The van der Waals surface area contributed by atoms with Gasteiger partial charge < -0.3 is 25.2 Å². The van der Waals surface area contributed by atoms with E-state index in [4.69, 9.17) is 4.74 Å². The lowest BCUT2D eigenvalue weighted by atomic mass is 9.58. The number of aliphatic hydroxyl groups excluding tert-OH is 3. The molecule has 1 heterocycles. The molecule has 4 aliphatic carbocycles. The van der Waals surface area contributed by atoms with E-state index >= 15 is 0 Å². The van der Waals surface area contributed by atoms with E-state index in [1.165, 1.54) is 6.92 Å². The van der Waals surface area contributed by atoms with E-state index in [9.17, 15) is 30.0 Å². The number of ether oxygens (including phenoxy) is 1. The average molecular weight is 364 g/mol. The number of carboxylic acids is 1. The lowest BCUT2D eigenvalue weighted by Crippen LogP contribution is -2.59. The average Bonchev–Trinajstić information content (AvgIpc) is 3.04. The van der Waals surface area contributed by atoms with Crippen LogP contribution in [0.25, 0.3) is 0 Å². The number of rotatable bonds is 1. The summed E-state index contributed by atoms with van der Waals surface area (Å²) in [6, 6.07) is 0. The van der Waals surface area contributed by atoms with Gasteiger partial charge in [0, 0.05) is 24.2 Å². The van der Waals surface area contributed by atoms with Crippen molar-refractivity contribution in [2.24, 2.45) is 34.5 Å². The summed E-state index contributed by atoms with van der Waals surface area (Å²) in [7, 11) is 0. The topological polar surface area (TPSA) is 124 Å². The molecule has 5 rings (SSSR count). The summed E-state index contributed by atoms with van der Waals surface area (Å²) < 4.78 is 5.86. The second kappa shape index (κ2) is 4.51. The zero-order valence-corrected chi connectivity index (χ0v) is 14.6. The predicted molar refractivity (Wildman–Crippen MR) is 86.6 cm³/mol. The molecular weight excluding hydrogens is 340 g/mol. The molecule has 5 fully saturated rings. The van der Waals surface area contributed by atoms with Gasteiger partial charge in [-0.3, -0.25) is 9.59 Å². The first-order chi connectivity index (χ1) is 12.1. The van der Waals surface area contributed by atoms with Crippen molar-refractivity contribution in [3.8, 4) is 0 Å². The molecule has 7 heteroatoms. The van der Waals surface area contributed by atoms with Crippen molar-refractivity contribution in [3.05, 3.63) is 12.2 Å². The van der Waals surface area contributed by atoms with Crippen LogP contribution in [-0.4, -0.2) is 56.3 Å². The highest BCUT2D eigenvalue weighted by Crippen LogP contribution is 2.77. The summed E-state index contributed by atoms with van der Waals surface area (Å²) in [6.45, 7) is 5.60. The van der Waals surface area contributed by atoms with Crippen LogP contribution in [0, 0.1) is 34.5 Å². The van der Waals surface area contributed by atoms with Crippen LogP contribution in [-0.2, 0) is 14.3 Å². The van der Waals surface area contributed by atoms with Gasteiger partial charge in [0.25, 0.3) is 0 Å². The van der Waals surface area contributed by atoms with Gasteiger partial charge in [-0.2, -0.15) is 0 Å². The highest BCUT2D eigenvalue weighted by molar-refractivity contribution is 5.85. The number of carboxylic acid groups (broad SMARTS) is 1. The van der Waals surface area contributed by atoms with Crippen LogP contribution in [0.15, 0.2) is 12.2 Å². The van der Waals surface area contributed by atoms with E-state index in [2.05, 4.69) is 6.58 Å². The molecule has 0 aromatic carbocycles. The number of hydrogen-bond acceptors (Lipinski definition) is 6. The molecular formula is C19H24O7. The second-order valence-corrected chi connectivity index (χ2v) is 9.37. The fourth-order valence-corrected chi connectivity index (χ4v) is 7.70. The zero-order valence-electron chi connectivity index (χ0n) is 14.6. The monoisotopic (exact) mass is 364 g/mol. The van der Waals surface area contributed by atoms with E-state index < -0.39 is 58.5 Å². The molecule has 10 unspecified atom stereocenters. The molecule has 7 nitrogen and oxygen atoms in total. The van der Waals surface area contributed by atoms with Crippen molar-refractivity contribution >= 4 is 11.9 Å². The van der Waals surface area contributed by atoms with Crippen molar-refractivity contribution in [1.82, 2.24) is 0 Å². The number of aliphatic hydroxyl groups is 3. The molecule has 1 saturated heterocycles. The standard InChI is InChI=1S/C19H24O7/c1-7-4-18-5-8(7)9(20)3-11(18)19-6-10(21)14(22)17(2,16(25)26-19)13(19)12(18)15(23)24/h8-14,20-22H,1,3-6H2,2H3,(H,23,24). The second-order valence-electron chi connectivity index (χ2n) is 9.37. The summed E-state index contributed by atoms with van der Waals surface area (Å²) in [5, 5.41) is 41.9. The molecule has 1 spiro atoms. The van der Waals surface area contributed by atoms with Crippen LogP contribution < -0.4 is 0 Å². The van der Waals surface area contributed by atoms with E-state index in [1.54, 1.807) is 0 Å². The maximum absolute atomic E-state index is 12.8. The number of esters is 1. The molecule has 0 aromatic heterocycles. The van der Waals surface area contributed by atoms with Gasteiger partial charge >= 0.3 is 11.9 Å². The molecule has 0 aromatic rings. The van der Waals surface area contributed by atoms with Gasteiger partial charge in [-0.25, -0.2) is 0 Å². The Morgan fingerprint density at radius 1 is 1.23 bits per heavy atom. The third-order valence-electron chi connectivity index (χ3n) is 8.53. The fraction of sp³-hybridized carbons (Fsp3) is 0.789. The Morgan fingerprint density at radius 3 is 2.58 bits per heavy atom. The summed E-state index contributed by atoms with van der Waals surface area (Å²) in [6.07, 6.45) is -1.84. The lowest BCUT2D eigenvalue weighted by molar-refractivity contribution is -0.165. The maximum Gasteiger partial charge on any atom is 0.315 e. The van der Waals surface area contributed by atoms with Gasteiger partial charge in [0.1, 0.15) is 11.0 Å². The first kappa shape index (κ1) is 16.7. The fourth-order valence-electron chi connectivity index (χ4n) is 7.70. The van der Waals surface area contributed by atoms with Gasteiger partial charge in [0.15, 0.2) is 0 Å². The van der Waals surface area contributed by atoms with Crippen molar-refractivity contribution in [2.75, 3.05) is 0 Å². The van der Waals surface area contributed by atoms with E-state index in [-0.39, 0.29) is 18.3 Å². The van der Waals surface area contributed by atoms with Crippen molar-refractivity contribution in [3.63, 3.8) is 0 Å². The number of carbonyl (C=O) groups is 2. The SMILES string of the molecule is C=C1CC23CC1C(O)CC2C12CC(O)C(O)C(C)(C(=O)O1)C2C3C(=O)O. The minimum atomic E-state index is -1.46. The summed E-state index contributed by atoms with van der Waals surface area (Å²) in [5.74, 6) is -3.73. The Balaban J connectivity index is 1.77. The summed E-state index contributed by atoms with van der Waals surface area (Å²) >= 11 is 0. The highest BCUT2D eigenvalue weighted by Gasteiger charge is 2.84. The van der Waals surface area contributed by atoms with Crippen molar-refractivity contribution < 1.29 is 34.8 Å². The summed E-state index contributed by atoms with van der Waals surface area (Å²) in [4.78, 5) is 25.2. The Hall–Kier alpha value is -1.44. The zero-order chi connectivity index (χ0) is 18.8. The maximum atomic E-state index is 12.8. The number of aliphatic carboxylic acids is 1. The van der Waals surface area contributed by atoms with Crippen molar-refractivity contribution in [1.29, 1.82) is 0 Å². The Morgan fingerprint density at radius 2 is 1.92 bits per heavy atom. The van der Waals surface area contributed by atoms with Gasteiger partial charge in [-0.15, -0.1) is 0 Å². The van der Waals surface area contributed by atoms with Crippen LogP contribution in [0.2, 0.25) is 0 Å². The number of hydrogen-bond donors (Lipinski definition) is 4. The van der Waals surface area contributed by atoms with Crippen LogP contribution >= 0.6 is 0 Å². The first-order valence-electron chi connectivity index (χ1n) is 9.27. The number of fused-ring (bicyclic) bond motifs is 1. The molecule has 0 amide bonds. The van der Waals surface area contributed by atoms with Gasteiger partial charge in [0.2, 0.25) is 0 Å². The largest absolute Gasteiger partial charge is 0.481 e. The molecule has 4 N–H and O–H groups in total. The minimum absolute atomic E-state index is 0.0141. The number of carbonyl (C=O) groups excluding carboxylic acids is 1. The molecule has 5 aliphatic rings. The molecule has 142 valence electrons. The predicted octanol–water partition coefficient (Wildman–Crippen LogP) is 0.0778. The first-order valence-corrected chi connectivity index (χ1v) is 9.27. The van der Waals surface area contributed by atoms with E-state index in [0.29, 0.717) is 19.3 Å². The third-order valence-corrected chi connectivity index (χ3v) is 8.53. The van der Waals surface area contributed by atoms with Gasteiger partial charge in [-0.1, -0.05) is 12.2 Å². The normalized spacial score (nSPS) is 59.8. The van der Waals surface area contributed by atoms with Crippen molar-refractivity contribution in [2.45, 2.75) is 56.5 Å². The molecule has 4 bridgehead atoms. The van der Waals surface area contributed by atoms with Gasteiger partial charge in [0.05, 0.1) is 24.2 Å². The molecule has 0 radical (unpaired) electrons. The smallest absolute Gasteiger partial charge is 0.315 e. The van der Waals surface area contributed by atoms with Crippen LogP contribution in [0.4, 0.5) is 0 Å². The third kappa shape index (κ3) is 1.47. The molecule has 26 heavy (non-hydrogen) atoms. The molecule has 10 atom stereocenters. The Labute approximate surface area is 150 Å². The van der Waals surface area contributed by atoms with E-state index in [1.807, 2.05) is 0 Å². The molecule has 1 aliphatic heterocycles. The van der Waals surface area contributed by atoms with Crippen LogP contribution in [0.3, 0.4) is 0 Å². The quantitative estimate of drug-likeness (QED) is 0.384. The Kier molecular flexibility index (Phi) is 2.90. The minimum Gasteiger partial charge on any atom is -0.481 e. The summed E-state index contributed by atoms with van der Waals surface area (Å²) in [5.41, 5.74) is -2.40. The van der Waals surface area contributed by atoms with Crippen LogP contribution in [0.5, 0.6) is 0 Å². The van der Waals surface area contributed by atoms with Crippen LogP contribution in [0.1, 0.15) is 32.6 Å². The Bertz CT molecular complexity index is 748. The van der Waals surface area contributed by atoms with E-state index in [0.717, 1.165) is 5.57 Å². The molecule has 4 saturated carbocycles.